The summed E-state index contributed by atoms with van der Waals surface area (Å²) in [5.74, 6) is 1.37. The number of halogens is 1. The van der Waals surface area contributed by atoms with Gasteiger partial charge in [-0.25, -0.2) is 13.1 Å². The van der Waals surface area contributed by atoms with E-state index in [4.69, 9.17) is 0 Å². The van der Waals surface area contributed by atoms with Crippen LogP contribution in [0.3, 0.4) is 0 Å². The molecule has 2 N–H and O–H groups in total. The van der Waals surface area contributed by atoms with E-state index in [1.165, 1.54) is 6.42 Å². The van der Waals surface area contributed by atoms with Crippen LogP contribution in [-0.4, -0.2) is 58.8 Å². The van der Waals surface area contributed by atoms with Gasteiger partial charge < -0.3 is 10.2 Å². The summed E-state index contributed by atoms with van der Waals surface area (Å²) in [6.45, 7) is 4.03. The molecule has 8 heteroatoms. The van der Waals surface area contributed by atoms with Crippen molar-refractivity contribution in [3.05, 3.63) is 0 Å². The number of hydrogen-bond acceptors (Lipinski definition) is 3. The van der Waals surface area contributed by atoms with Crippen molar-refractivity contribution in [1.29, 1.82) is 0 Å². The molecule has 0 radical (unpaired) electrons. The normalized spacial score (nSPS) is 15.9. The minimum Gasteiger partial charge on any atom is -0.355 e. The van der Waals surface area contributed by atoms with Crippen molar-refractivity contribution in [3.63, 3.8) is 0 Å². The lowest BCUT2D eigenvalue weighted by Gasteiger charge is -2.25. The van der Waals surface area contributed by atoms with E-state index >= 15 is 0 Å². The van der Waals surface area contributed by atoms with Crippen LogP contribution >= 0.6 is 24.0 Å². The number of hydrogen-bond donors (Lipinski definition) is 2. The third-order valence-electron chi connectivity index (χ3n) is 3.89. The third kappa shape index (κ3) is 8.52. The molecule has 0 spiro atoms. The van der Waals surface area contributed by atoms with Crippen LogP contribution in [0.5, 0.6) is 0 Å². The molecule has 132 valence electrons. The standard InChI is InChI=1S/C14H30N4O2S.HI/c1-4-5-10-18(3)14(15-2)16-9-11-21(19,20)17-12-13-7-6-8-13;/h13,17H,4-12H2,1-3H3,(H,15,16);1H. The Hall–Kier alpha value is -0.0900. The van der Waals surface area contributed by atoms with Crippen molar-refractivity contribution in [2.75, 3.05) is 39.5 Å². The first-order valence-electron chi connectivity index (χ1n) is 7.87. The highest BCUT2D eigenvalue weighted by molar-refractivity contribution is 14.0. The SMILES string of the molecule is CCCCN(C)C(=NC)NCCS(=O)(=O)NCC1CCC1.I. The lowest BCUT2D eigenvalue weighted by molar-refractivity contribution is 0.316. The van der Waals surface area contributed by atoms with Gasteiger partial charge in [-0.1, -0.05) is 19.8 Å². The van der Waals surface area contributed by atoms with E-state index in [0.717, 1.165) is 38.2 Å². The fourth-order valence-electron chi connectivity index (χ4n) is 2.20. The zero-order chi connectivity index (χ0) is 15.7. The van der Waals surface area contributed by atoms with Crippen molar-refractivity contribution in [2.45, 2.75) is 39.0 Å². The topological polar surface area (TPSA) is 73.8 Å². The Balaban J connectivity index is 0.00000441. The second kappa shape index (κ2) is 11.4. The number of nitrogens with one attached hydrogen (secondary N) is 2. The number of sulfonamides is 1. The van der Waals surface area contributed by atoms with Gasteiger partial charge in [0.05, 0.1) is 5.75 Å². The molecule has 1 rings (SSSR count). The second-order valence-corrected chi connectivity index (χ2v) is 7.64. The first-order chi connectivity index (χ1) is 9.98. The molecule has 0 aromatic rings. The molecular weight excluding hydrogens is 415 g/mol. The maximum absolute atomic E-state index is 11.9. The highest BCUT2D eigenvalue weighted by atomic mass is 127. The summed E-state index contributed by atoms with van der Waals surface area (Å²) in [6.07, 6.45) is 5.75. The maximum Gasteiger partial charge on any atom is 0.213 e. The fraction of sp³-hybridized carbons (Fsp3) is 0.929. The lowest BCUT2D eigenvalue weighted by atomic mass is 9.86. The molecule has 1 aliphatic carbocycles. The molecule has 1 aliphatic rings. The summed E-state index contributed by atoms with van der Waals surface area (Å²) < 4.78 is 26.5. The van der Waals surface area contributed by atoms with Gasteiger partial charge in [-0.15, -0.1) is 24.0 Å². The molecule has 1 fully saturated rings. The molecule has 0 aliphatic heterocycles. The number of nitrogens with zero attached hydrogens (tertiary/aromatic N) is 2. The summed E-state index contributed by atoms with van der Waals surface area (Å²) >= 11 is 0. The first kappa shape index (κ1) is 21.9. The van der Waals surface area contributed by atoms with Crippen molar-refractivity contribution >= 4 is 40.0 Å². The van der Waals surface area contributed by atoms with Gasteiger partial charge in [0.2, 0.25) is 10.0 Å². The van der Waals surface area contributed by atoms with Gasteiger partial charge >= 0.3 is 0 Å². The summed E-state index contributed by atoms with van der Waals surface area (Å²) in [5.41, 5.74) is 0. The van der Waals surface area contributed by atoms with Gasteiger partial charge in [-0.3, -0.25) is 4.99 Å². The quantitative estimate of drug-likeness (QED) is 0.321. The zero-order valence-corrected chi connectivity index (χ0v) is 17.1. The molecule has 0 unspecified atom stereocenters. The van der Waals surface area contributed by atoms with Crippen LogP contribution in [0, 0.1) is 5.92 Å². The monoisotopic (exact) mass is 446 g/mol. The van der Waals surface area contributed by atoms with E-state index in [2.05, 4.69) is 22.0 Å². The Labute approximate surface area is 152 Å². The Morgan fingerprint density at radius 2 is 2.05 bits per heavy atom. The Bertz CT molecular complexity index is 425. The lowest BCUT2D eigenvalue weighted by Crippen LogP contribution is -2.43. The molecule has 0 saturated heterocycles. The molecule has 1 saturated carbocycles. The maximum atomic E-state index is 11.9. The minimum atomic E-state index is -3.19. The summed E-state index contributed by atoms with van der Waals surface area (Å²) in [6, 6.07) is 0. The Kier molecular flexibility index (Phi) is 11.4. The van der Waals surface area contributed by atoms with Crippen LogP contribution in [0.25, 0.3) is 0 Å². The summed E-state index contributed by atoms with van der Waals surface area (Å²) in [4.78, 5) is 6.20. The van der Waals surface area contributed by atoms with Gasteiger partial charge in [0.15, 0.2) is 5.96 Å². The summed E-state index contributed by atoms with van der Waals surface area (Å²) in [5, 5.41) is 3.11. The van der Waals surface area contributed by atoms with Crippen LogP contribution in [-0.2, 0) is 10.0 Å². The van der Waals surface area contributed by atoms with Gasteiger partial charge in [-0.05, 0) is 25.2 Å². The zero-order valence-electron chi connectivity index (χ0n) is 14.0. The van der Waals surface area contributed by atoms with Crippen LogP contribution < -0.4 is 10.0 Å². The van der Waals surface area contributed by atoms with Crippen molar-refractivity contribution < 1.29 is 8.42 Å². The van der Waals surface area contributed by atoms with Crippen molar-refractivity contribution in [1.82, 2.24) is 14.9 Å². The van der Waals surface area contributed by atoms with Crippen LogP contribution in [0.2, 0.25) is 0 Å². The molecule has 0 heterocycles. The van der Waals surface area contributed by atoms with Crippen molar-refractivity contribution in [3.8, 4) is 0 Å². The molecule has 0 aromatic carbocycles. The molecule has 0 atom stereocenters. The first-order valence-corrected chi connectivity index (χ1v) is 9.53. The van der Waals surface area contributed by atoms with Gasteiger partial charge in [0.1, 0.15) is 0 Å². The molecule has 0 aromatic heterocycles. The highest BCUT2D eigenvalue weighted by Crippen LogP contribution is 2.25. The number of unbranched alkanes of at least 4 members (excludes halogenated alkanes) is 1. The Morgan fingerprint density at radius 3 is 2.55 bits per heavy atom. The van der Waals surface area contributed by atoms with Gasteiger partial charge in [0.25, 0.3) is 0 Å². The average Bonchev–Trinajstić information content (AvgIpc) is 2.39. The minimum absolute atomic E-state index is 0. The molecule has 6 nitrogen and oxygen atoms in total. The predicted molar refractivity (Wildman–Crippen MR) is 103 cm³/mol. The third-order valence-corrected chi connectivity index (χ3v) is 5.24. The van der Waals surface area contributed by atoms with Crippen LogP contribution in [0.4, 0.5) is 0 Å². The number of aliphatic imine (C=N–C) groups is 1. The molecule has 0 amide bonds. The van der Waals surface area contributed by atoms with Gasteiger partial charge in [-0.2, -0.15) is 0 Å². The number of rotatable bonds is 9. The van der Waals surface area contributed by atoms with Crippen LogP contribution in [0.15, 0.2) is 4.99 Å². The molecular formula is C14H31IN4O2S. The average molecular weight is 446 g/mol. The van der Waals surface area contributed by atoms with E-state index in [1.54, 1.807) is 7.05 Å². The van der Waals surface area contributed by atoms with Crippen LogP contribution in [0.1, 0.15) is 39.0 Å². The smallest absolute Gasteiger partial charge is 0.213 e. The van der Waals surface area contributed by atoms with E-state index in [-0.39, 0.29) is 29.7 Å². The van der Waals surface area contributed by atoms with E-state index in [0.29, 0.717) is 19.0 Å². The Morgan fingerprint density at radius 1 is 1.36 bits per heavy atom. The molecule has 0 bridgehead atoms. The van der Waals surface area contributed by atoms with E-state index in [9.17, 15) is 8.42 Å². The van der Waals surface area contributed by atoms with Crippen molar-refractivity contribution in [2.24, 2.45) is 10.9 Å². The number of guanidine groups is 1. The predicted octanol–water partition coefficient (Wildman–Crippen LogP) is 1.63. The van der Waals surface area contributed by atoms with E-state index in [1.807, 2.05) is 11.9 Å². The highest BCUT2D eigenvalue weighted by Gasteiger charge is 2.20. The second-order valence-electron chi connectivity index (χ2n) is 5.71. The fourth-order valence-corrected chi connectivity index (χ4v) is 3.20. The molecule has 22 heavy (non-hydrogen) atoms. The largest absolute Gasteiger partial charge is 0.355 e. The van der Waals surface area contributed by atoms with E-state index < -0.39 is 10.0 Å². The van der Waals surface area contributed by atoms with Gasteiger partial charge in [0, 0.05) is 33.7 Å². The summed E-state index contributed by atoms with van der Waals surface area (Å²) in [7, 11) is 0.498.